The molecule has 9 heteroatoms. The Balaban J connectivity index is 1.26. The highest BCUT2D eigenvalue weighted by atomic mass is 19.1. The highest BCUT2D eigenvalue weighted by Gasteiger charge is 2.23. The van der Waals surface area contributed by atoms with Crippen molar-refractivity contribution >= 4 is 28.2 Å². The number of nitrogens with one attached hydrogen (secondary N) is 1. The van der Waals surface area contributed by atoms with Crippen molar-refractivity contribution in [3.8, 4) is 11.5 Å². The lowest BCUT2D eigenvalue weighted by molar-refractivity contribution is 0.0950. The lowest BCUT2D eigenvalue weighted by Gasteiger charge is -2.37. The van der Waals surface area contributed by atoms with Gasteiger partial charge in [0.1, 0.15) is 5.82 Å². The summed E-state index contributed by atoms with van der Waals surface area (Å²) in [5, 5.41) is 13.5. The first-order valence-corrected chi connectivity index (χ1v) is 12.6. The number of fused-ring (bicyclic) bond motifs is 1. The Hall–Kier alpha value is -4.40. The molecular formula is C29H30FN5O3. The van der Waals surface area contributed by atoms with E-state index in [0.29, 0.717) is 30.2 Å². The van der Waals surface area contributed by atoms with E-state index in [1.807, 2.05) is 42.5 Å². The van der Waals surface area contributed by atoms with Gasteiger partial charge in [-0.2, -0.15) is 0 Å². The van der Waals surface area contributed by atoms with Gasteiger partial charge in [-0.15, -0.1) is 10.2 Å². The smallest absolute Gasteiger partial charge is 0.272 e. The molecule has 0 atom stereocenters. The number of halogens is 1. The van der Waals surface area contributed by atoms with Crippen LogP contribution in [0.15, 0.2) is 66.7 Å². The van der Waals surface area contributed by atoms with Crippen molar-refractivity contribution in [1.29, 1.82) is 0 Å². The molecule has 0 bridgehead atoms. The van der Waals surface area contributed by atoms with Crippen LogP contribution in [0.3, 0.4) is 0 Å². The molecule has 0 unspecified atom stereocenters. The number of aromatic nitrogens is 2. The van der Waals surface area contributed by atoms with Crippen LogP contribution in [0.25, 0.3) is 10.8 Å². The first kappa shape index (κ1) is 25.3. The zero-order valence-electron chi connectivity index (χ0n) is 21.5. The maximum atomic E-state index is 13.3. The fraction of sp³-hybridized carbons (Fsp3) is 0.276. The third kappa shape index (κ3) is 5.32. The number of piperazine rings is 1. The normalized spacial score (nSPS) is 13.4. The van der Waals surface area contributed by atoms with Gasteiger partial charge in [0, 0.05) is 49.2 Å². The van der Waals surface area contributed by atoms with Crippen molar-refractivity contribution in [3.05, 3.63) is 83.8 Å². The van der Waals surface area contributed by atoms with Crippen molar-refractivity contribution < 1.29 is 18.7 Å². The summed E-state index contributed by atoms with van der Waals surface area (Å²) >= 11 is 0. The van der Waals surface area contributed by atoms with E-state index in [1.54, 1.807) is 26.4 Å². The highest BCUT2D eigenvalue weighted by Crippen LogP contribution is 2.29. The Bertz CT molecular complexity index is 1420. The molecule has 0 spiro atoms. The molecule has 0 radical (unpaired) electrons. The summed E-state index contributed by atoms with van der Waals surface area (Å²) < 4.78 is 23.9. The van der Waals surface area contributed by atoms with Crippen molar-refractivity contribution in [2.45, 2.75) is 6.42 Å². The number of carbonyl (C=O) groups excluding carboxylic acids is 1. The monoisotopic (exact) mass is 515 g/mol. The second-order valence-electron chi connectivity index (χ2n) is 9.06. The van der Waals surface area contributed by atoms with E-state index in [0.717, 1.165) is 54.0 Å². The van der Waals surface area contributed by atoms with E-state index >= 15 is 0 Å². The number of hydrogen-bond acceptors (Lipinski definition) is 7. The standard InChI is InChI=1S/C29H30FN5O3/c1-37-25-12-7-20(19-26(25)38-2)13-14-31-29(36)27-23-5-3-4-6-24(23)28(33-32-27)35-17-15-34(16-18-35)22-10-8-21(30)9-11-22/h3-12,19H,13-18H2,1-2H3,(H,31,36). The van der Waals surface area contributed by atoms with E-state index in [1.165, 1.54) is 12.1 Å². The number of methoxy groups -OCH3 is 2. The summed E-state index contributed by atoms with van der Waals surface area (Å²) in [7, 11) is 3.20. The molecule has 0 saturated carbocycles. The topological polar surface area (TPSA) is 79.8 Å². The van der Waals surface area contributed by atoms with E-state index in [4.69, 9.17) is 9.47 Å². The Kier molecular flexibility index (Phi) is 7.53. The molecule has 5 rings (SSSR count). The van der Waals surface area contributed by atoms with E-state index in [-0.39, 0.29) is 11.7 Å². The van der Waals surface area contributed by atoms with Gasteiger partial charge in [0.15, 0.2) is 23.0 Å². The summed E-state index contributed by atoms with van der Waals surface area (Å²) in [6.07, 6.45) is 0.633. The molecule has 1 fully saturated rings. The molecule has 4 aromatic rings. The van der Waals surface area contributed by atoms with Crippen molar-refractivity contribution in [2.24, 2.45) is 0 Å². The van der Waals surface area contributed by atoms with E-state index in [2.05, 4.69) is 25.3 Å². The van der Waals surface area contributed by atoms with Crippen LogP contribution in [-0.4, -0.2) is 63.0 Å². The van der Waals surface area contributed by atoms with E-state index in [9.17, 15) is 9.18 Å². The van der Waals surface area contributed by atoms with Crippen LogP contribution in [0.1, 0.15) is 16.1 Å². The third-order valence-corrected chi connectivity index (χ3v) is 6.80. The van der Waals surface area contributed by atoms with Gasteiger partial charge >= 0.3 is 0 Å². The first-order chi connectivity index (χ1) is 18.6. The van der Waals surface area contributed by atoms with Gasteiger partial charge in [0.05, 0.1) is 14.2 Å². The molecule has 2 heterocycles. The molecule has 1 aromatic heterocycles. The van der Waals surface area contributed by atoms with Crippen LogP contribution in [0, 0.1) is 5.82 Å². The van der Waals surface area contributed by atoms with Crippen LogP contribution >= 0.6 is 0 Å². The average Bonchev–Trinajstić information content (AvgIpc) is 2.97. The molecular weight excluding hydrogens is 485 g/mol. The molecule has 196 valence electrons. The number of nitrogens with zero attached hydrogens (tertiary/aromatic N) is 4. The summed E-state index contributed by atoms with van der Waals surface area (Å²) in [6, 6.07) is 20.0. The van der Waals surface area contributed by atoms with Crippen LogP contribution < -0.4 is 24.6 Å². The molecule has 38 heavy (non-hydrogen) atoms. The largest absolute Gasteiger partial charge is 0.493 e. The fourth-order valence-corrected chi connectivity index (χ4v) is 4.76. The molecule has 8 nitrogen and oxygen atoms in total. The quantitative estimate of drug-likeness (QED) is 0.379. The van der Waals surface area contributed by atoms with Crippen LogP contribution in [0.2, 0.25) is 0 Å². The third-order valence-electron chi connectivity index (χ3n) is 6.80. The van der Waals surface area contributed by atoms with Gasteiger partial charge in [0.2, 0.25) is 0 Å². The highest BCUT2D eigenvalue weighted by molar-refractivity contribution is 6.07. The maximum absolute atomic E-state index is 13.3. The van der Waals surface area contributed by atoms with Gasteiger partial charge < -0.3 is 24.6 Å². The Morgan fingerprint density at radius 2 is 1.55 bits per heavy atom. The summed E-state index contributed by atoms with van der Waals surface area (Å²) in [5.74, 6) is 1.59. The van der Waals surface area contributed by atoms with Gasteiger partial charge in [-0.1, -0.05) is 30.3 Å². The SMILES string of the molecule is COc1ccc(CCNC(=O)c2nnc(N3CCN(c4ccc(F)cc4)CC3)c3ccccc23)cc1OC. The average molecular weight is 516 g/mol. The molecule has 1 N–H and O–H groups in total. The maximum Gasteiger partial charge on any atom is 0.272 e. The van der Waals surface area contributed by atoms with Gasteiger partial charge in [0.25, 0.3) is 5.91 Å². The predicted molar refractivity (Wildman–Crippen MR) is 146 cm³/mol. The number of carbonyl (C=O) groups is 1. The number of benzene rings is 3. The number of ether oxygens (including phenoxy) is 2. The van der Waals surface area contributed by atoms with Gasteiger partial charge in [-0.3, -0.25) is 4.79 Å². The van der Waals surface area contributed by atoms with Crippen molar-refractivity contribution in [3.63, 3.8) is 0 Å². The first-order valence-electron chi connectivity index (χ1n) is 12.6. The van der Waals surface area contributed by atoms with Crippen LogP contribution in [0.5, 0.6) is 11.5 Å². The Morgan fingerprint density at radius 1 is 0.868 bits per heavy atom. The summed E-state index contributed by atoms with van der Waals surface area (Å²) in [5.41, 5.74) is 2.33. The van der Waals surface area contributed by atoms with E-state index < -0.39 is 0 Å². The van der Waals surface area contributed by atoms with Gasteiger partial charge in [-0.05, 0) is 48.4 Å². The molecule has 3 aromatic carbocycles. The second-order valence-corrected chi connectivity index (χ2v) is 9.06. The van der Waals surface area contributed by atoms with Crippen molar-refractivity contribution in [1.82, 2.24) is 15.5 Å². The zero-order chi connectivity index (χ0) is 26.5. The minimum absolute atomic E-state index is 0.237. The molecule has 1 amide bonds. The molecule has 1 saturated heterocycles. The molecule has 0 aliphatic carbocycles. The summed E-state index contributed by atoms with van der Waals surface area (Å²) in [6.45, 7) is 3.48. The predicted octanol–water partition coefficient (Wildman–Crippen LogP) is 4.09. The molecule has 1 aliphatic rings. The number of rotatable bonds is 8. The van der Waals surface area contributed by atoms with Crippen LogP contribution in [-0.2, 0) is 6.42 Å². The van der Waals surface area contributed by atoms with Crippen molar-refractivity contribution in [2.75, 3.05) is 56.7 Å². The number of amides is 1. The minimum Gasteiger partial charge on any atom is -0.493 e. The zero-order valence-corrected chi connectivity index (χ0v) is 21.5. The minimum atomic E-state index is -0.262. The van der Waals surface area contributed by atoms with Gasteiger partial charge in [-0.25, -0.2) is 4.39 Å². The number of anilines is 2. The molecule has 1 aliphatic heterocycles. The lowest BCUT2D eigenvalue weighted by atomic mass is 10.1. The Labute approximate surface area is 221 Å². The van der Waals surface area contributed by atoms with Crippen LogP contribution in [0.4, 0.5) is 15.9 Å². The number of hydrogen-bond donors (Lipinski definition) is 1. The lowest BCUT2D eigenvalue weighted by Crippen LogP contribution is -2.47. The Morgan fingerprint density at radius 3 is 2.26 bits per heavy atom. The second kappa shape index (κ2) is 11.3. The fourth-order valence-electron chi connectivity index (χ4n) is 4.76. The summed E-state index contributed by atoms with van der Waals surface area (Å²) in [4.78, 5) is 17.5.